The molecule has 0 radical (unpaired) electrons. The monoisotopic (exact) mass is 452 g/mol. The Labute approximate surface area is 191 Å². The Bertz CT molecular complexity index is 1110. The third-order valence-electron chi connectivity index (χ3n) is 5.44. The first-order valence-corrected chi connectivity index (χ1v) is 11.1. The Morgan fingerprint density at radius 3 is 2.50 bits per heavy atom. The molecule has 2 aromatic heterocycles. The van der Waals surface area contributed by atoms with E-state index in [1.165, 1.54) is 43.3 Å². The summed E-state index contributed by atoms with van der Waals surface area (Å²) in [6.07, 6.45) is 6.76. The van der Waals surface area contributed by atoms with Gasteiger partial charge in [-0.15, -0.1) is 0 Å². The van der Waals surface area contributed by atoms with Crippen molar-refractivity contribution in [3.05, 3.63) is 87.1 Å². The summed E-state index contributed by atoms with van der Waals surface area (Å²) in [6.45, 7) is 3.23. The van der Waals surface area contributed by atoms with Gasteiger partial charge in [0.25, 0.3) is 5.56 Å². The molecule has 0 bridgehead atoms. The Hall–Kier alpha value is -3.03. The van der Waals surface area contributed by atoms with E-state index in [9.17, 15) is 9.59 Å². The highest BCUT2D eigenvalue weighted by Crippen LogP contribution is 2.14. The molecule has 0 spiro atoms. The van der Waals surface area contributed by atoms with Crippen LogP contribution in [0.25, 0.3) is 0 Å². The van der Waals surface area contributed by atoms with Crippen molar-refractivity contribution in [2.75, 3.05) is 13.1 Å². The number of benzene rings is 1. The summed E-state index contributed by atoms with van der Waals surface area (Å²) in [4.78, 5) is 31.6. The number of rotatable bonds is 8. The van der Waals surface area contributed by atoms with E-state index < -0.39 is 5.56 Å². The zero-order valence-corrected chi connectivity index (χ0v) is 18.5. The summed E-state index contributed by atoms with van der Waals surface area (Å²) in [5.41, 5.74) is 2.03. The number of pyridine rings is 1. The Balaban J connectivity index is 1.33. The maximum absolute atomic E-state index is 12.6. The highest BCUT2D eigenvalue weighted by Gasteiger charge is 2.13. The van der Waals surface area contributed by atoms with Gasteiger partial charge in [0.15, 0.2) is 5.78 Å². The maximum Gasteiger partial charge on any atom is 0.270 e. The Morgan fingerprint density at radius 2 is 1.81 bits per heavy atom. The highest BCUT2D eigenvalue weighted by atomic mass is 35.5. The Morgan fingerprint density at radius 1 is 1.03 bits per heavy atom. The van der Waals surface area contributed by atoms with Crippen LogP contribution in [-0.2, 0) is 19.7 Å². The minimum absolute atomic E-state index is 0.122. The lowest BCUT2D eigenvalue weighted by Crippen LogP contribution is -2.29. The molecule has 8 heteroatoms. The standard InChI is InChI=1S/C24H25ClN4O3/c25-20-8-9-21(26-13-20)17-32-22-12-24(31)29(27-14-22)16-23(30)19-6-4-18(5-7-19)15-28-10-2-1-3-11-28/h4-9,12-14H,1-3,10-11,15-17H2. The molecule has 0 amide bonds. The fraction of sp³-hybridized carbons (Fsp3) is 0.333. The fourth-order valence-electron chi connectivity index (χ4n) is 3.66. The topological polar surface area (TPSA) is 77.3 Å². The number of Topliss-reactive ketones (excluding diaryl/α,β-unsaturated/α-hetero) is 1. The van der Waals surface area contributed by atoms with Gasteiger partial charge in [-0.1, -0.05) is 42.3 Å². The van der Waals surface area contributed by atoms with Gasteiger partial charge in [-0.05, 0) is 43.6 Å². The van der Waals surface area contributed by atoms with Crippen molar-refractivity contribution < 1.29 is 9.53 Å². The van der Waals surface area contributed by atoms with E-state index in [2.05, 4.69) is 15.0 Å². The molecule has 3 heterocycles. The van der Waals surface area contributed by atoms with E-state index in [0.717, 1.165) is 24.3 Å². The van der Waals surface area contributed by atoms with Crippen LogP contribution in [0.3, 0.4) is 0 Å². The molecule has 3 aromatic rings. The van der Waals surface area contributed by atoms with Gasteiger partial charge < -0.3 is 4.74 Å². The van der Waals surface area contributed by atoms with Crippen LogP contribution in [0.15, 0.2) is 59.7 Å². The van der Waals surface area contributed by atoms with E-state index in [1.807, 2.05) is 24.3 Å². The van der Waals surface area contributed by atoms with Crippen LogP contribution in [-0.4, -0.2) is 38.5 Å². The van der Waals surface area contributed by atoms with E-state index in [4.69, 9.17) is 16.3 Å². The lowest BCUT2D eigenvalue weighted by Gasteiger charge is -2.26. The third kappa shape index (κ3) is 6.02. The first-order chi connectivity index (χ1) is 15.6. The van der Waals surface area contributed by atoms with E-state index in [0.29, 0.717) is 22.0 Å². The second-order valence-electron chi connectivity index (χ2n) is 7.90. The molecule has 1 aliphatic rings. The lowest BCUT2D eigenvalue weighted by atomic mass is 10.1. The number of carbonyl (C=O) groups is 1. The van der Waals surface area contributed by atoms with Gasteiger partial charge in [0.1, 0.15) is 18.9 Å². The molecule has 1 saturated heterocycles. The highest BCUT2D eigenvalue weighted by molar-refractivity contribution is 6.30. The number of ketones is 1. The molecule has 0 N–H and O–H groups in total. The molecule has 32 heavy (non-hydrogen) atoms. The van der Waals surface area contributed by atoms with E-state index in [1.54, 1.807) is 12.1 Å². The van der Waals surface area contributed by atoms with E-state index >= 15 is 0 Å². The van der Waals surface area contributed by atoms with Crippen LogP contribution >= 0.6 is 11.6 Å². The molecule has 1 aromatic carbocycles. The van der Waals surface area contributed by atoms with Crippen LogP contribution in [0.4, 0.5) is 0 Å². The summed E-state index contributed by atoms with van der Waals surface area (Å²) < 4.78 is 6.70. The molecule has 1 fully saturated rings. The molecular formula is C24H25ClN4O3. The van der Waals surface area contributed by atoms with Crippen molar-refractivity contribution >= 4 is 17.4 Å². The van der Waals surface area contributed by atoms with Crippen molar-refractivity contribution in [2.45, 2.75) is 39.0 Å². The molecule has 4 rings (SSSR count). The van der Waals surface area contributed by atoms with Crippen molar-refractivity contribution in [2.24, 2.45) is 0 Å². The van der Waals surface area contributed by atoms with Gasteiger partial charge in [-0.2, -0.15) is 5.10 Å². The number of aromatic nitrogens is 3. The smallest absolute Gasteiger partial charge is 0.270 e. The summed E-state index contributed by atoms with van der Waals surface area (Å²) in [5, 5.41) is 4.62. The van der Waals surface area contributed by atoms with Crippen molar-refractivity contribution in [1.29, 1.82) is 0 Å². The van der Waals surface area contributed by atoms with Crippen LogP contribution in [0, 0.1) is 0 Å². The predicted molar refractivity (Wildman–Crippen MR) is 122 cm³/mol. The number of hydrogen-bond acceptors (Lipinski definition) is 6. The molecule has 0 unspecified atom stereocenters. The molecule has 0 atom stereocenters. The second kappa shape index (κ2) is 10.5. The first kappa shape index (κ1) is 22.2. The summed E-state index contributed by atoms with van der Waals surface area (Å²) >= 11 is 5.81. The van der Waals surface area contributed by atoms with Crippen molar-refractivity contribution in [3.63, 3.8) is 0 Å². The second-order valence-corrected chi connectivity index (χ2v) is 8.34. The molecule has 7 nitrogen and oxygen atoms in total. The summed E-state index contributed by atoms with van der Waals surface area (Å²) in [7, 11) is 0. The Kier molecular flexibility index (Phi) is 7.29. The van der Waals surface area contributed by atoms with Gasteiger partial charge in [0.2, 0.25) is 0 Å². The van der Waals surface area contributed by atoms with Gasteiger partial charge in [0.05, 0.1) is 16.9 Å². The van der Waals surface area contributed by atoms with Gasteiger partial charge in [0, 0.05) is 24.4 Å². The summed E-state index contributed by atoms with van der Waals surface area (Å²) in [5.74, 6) is 0.153. The zero-order valence-electron chi connectivity index (χ0n) is 17.7. The quantitative estimate of drug-likeness (QED) is 0.484. The maximum atomic E-state index is 12.6. The van der Waals surface area contributed by atoms with Crippen LogP contribution in [0.2, 0.25) is 5.02 Å². The minimum atomic E-state index is -0.401. The van der Waals surface area contributed by atoms with E-state index in [-0.39, 0.29) is 18.9 Å². The number of ether oxygens (including phenoxy) is 1. The first-order valence-electron chi connectivity index (χ1n) is 10.7. The number of piperidine rings is 1. The third-order valence-corrected chi connectivity index (χ3v) is 5.67. The van der Waals surface area contributed by atoms with Crippen LogP contribution < -0.4 is 10.3 Å². The lowest BCUT2D eigenvalue weighted by molar-refractivity contribution is 0.0965. The van der Waals surface area contributed by atoms with Crippen LogP contribution in [0.5, 0.6) is 5.75 Å². The molecule has 1 aliphatic heterocycles. The van der Waals surface area contributed by atoms with Gasteiger partial charge >= 0.3 is 0 Å². The number of nitrogens with zero attached hydrogens (tertiary/aromatic N) is 4. The van der Waals surface area contributed by atoms with Crippen molar-refractivity contribution in [1.82, 2.24) is 19.7 Å². The molecule has 0 saturated carbocycles. The summed E-state index contributed by atoms with van der Waals surface area (Å²) in [6, 6.07) is 12.4. The minimum Gasteiger partial charge on any atom is -0.485 e. The SMILES string of the molecule is O=C(Cn1ncc(OCc2ccc(Cl)cn2)cc1=O)c1ccc(CN2CCCCC2)cc1. The van der Waals surface area contributed by atoms with Crippen LogP contribution in [0.1, 0.15) is 40.9 Å². The number of likely N-dealkylation sites (tertiary alicyclic amines) is 1. The average Bonchev–Trinajstić information content (AvgIpc) is 2.81. The zero-order chi connectivity index (χ0) is 22.3. The fourth-order valence-corrected chi connectivity index (χ4v) is 3.77. The predicted octanol–water partition coefficient (Wildman–Crippen LogP) is 3.74. The largest absolute Gasteiger partial charge is 0.485 e. The van der Waals surface area contributed by atoms with Gasteiger partial charge in [-0.3, -0.25) is 19.5 Å². The van der Waals surface area contributed by atoms with Gasteiger partial charge in [-0.25, -0.2) is 4.68 Å². The number of hydrogen-bond donors (Lipinski definition) is 0. The molecule has 0 aliphatic carbocycles. The van der Waals surface area contributed by atoms with Crippen molar-refractivity contribution in [3.8, 4) is 5.75 Å². The number of halogens is 1. The normalized spacial score (nSPS) is 14.3. The molecular weight excluding hydrogens is 428 g/mol. The average molecular weight is 453 g/mol. The number of carbonyl (C=O) groups excluding carboxylic acids is 1. The molecule has 166 valence electrons.